The zero-order valence-corrected chi connectivity index (χ0v) is 23.9. The number of benzene rings is 3. The van der Waals surface area contributed by atoms with Crippen LogP contribution in [0.4, 0.5) is 5.69 Å². The van der Waals surface area contributed by atoms with Crippen LogP contribution in [0.25, 0.3) is 0 Å². The van der Waals surface area contributed by atoms with Crippen LogP contribution in [0.15, 0.2) is 76.7 Å². The van der Waals surface area contributed by atoms with E-state index in [-0.39, 0.29) is 28.7 Å². The number of rotatable bonds is 9. The Hall–Kier alpha value is -3.65. The average Bonchev–Trinajstić information content (AvgIpc) is 2.85. The van der Waals surface area contributed by atoms with E-state index in [0.717, 1.165) is 22.3 Å². The number of hydrogen-bond donors (Lipinski definition) is 2. The summed E-state index contributed by atoms with van der Waals surface area (Å²) >= 11 is 0. The van der Waals surface area contributed by atoms with Crippen LogP contribution < -0.4 is 14.9 Å². The molecule has 3 aromatic rings. The Bertz CT molecular complexity index is 1400. The minimum absolute atomic E-state index is 0.0598. The molecule has 3 aromatic carbocycles. The van der Waals surface area contributed by atoms with Crippen molar-refractivity contribution < 1.29 is 17.9 Å². The molecule has 1 amide bonds. The highest BCUT2D eigenvalue weighted by molar-refractivity contribution is 7.92. The molecule has 8 heteroatoms. The molecule has 0 aliphatic carbocycles. The van der Waals surface area contributed by atoms with Gasteiger partial charge < -0.3 is 4.74 Å². The topological polar surface area (TPSA) is 96.9 Å². The monoisotopic (exact) mass is 535 g/mol. The minimum Gasteiger partial charge on any atom is -0.483 e. The lowest BCUT2D eigenvalue weighted by atomic mass is 9.87. The molecule has 0 radical (unpaired) electrons. The van der Waals surface area contributed by atoms with Gasteiger partial charge in [-0.05, 0) is 77.8 Å². The Labute approximate surface area is 226 Å². The maximum absolute atomic E-state index is 12.8. The number of amides is 1. The van der Waals surface area contributed by atoms with E-state index >= 15 is 0 Å². The molecule has 0 unspecified atom stereocenters. The van der Waals surface area contributed by atoms with Crippen LogP contribution in [0.3, 0.4) is 0 Å². The molecule has 202 valence electrons. The maximum atomic E-state index is 12.8. The van der Waals surface area contributed by atoms with Gasteiger partial charge in [0.1, 0.15) is 5.75 Å². The zero-order chi connectivity index (χ0) is 28.1. The number of anilines is 1. The van der Waals surface area contributed by atoms with Crippen molar-refractivity contribution >= 4 is 27.3 Å². The van der Waals surface area contributed by atoms with Crippen molar-refractivity contribution in [2.75, 3.05) is 11.3 Å². The molecule has 0 bridgehead atoms. The number of hydrogen-bond acceptors (Lipinski definition) is 5. The Kier molecular flexibility index (Phi) is 8.99. The number of carbonyl (C=O) groups excluding carboxylic acids is 1. The number of hydrazone groups is 1. The largest absolute Gasteiger partial charge is 0.483 e. The summed E-state index contributed by atoms with van der Waals surface area (Å²) in [4.78, 5) is 12.5. The van der Waals surface area contributed by atoms with Gasteiger partial charge >= 0.3 is 0 Å². The van der Waals surface area contributed by atoms with E-state index in [1.807, 2.05) is 37.3 Å². The molecule has 0 saturated carbocycles. The molecule has 2 N–H and O–H groups in total. The summed E-state index contributed by atoms with van der Waals surface area (Å²) < 4.78 is 34.0. The second-order valence-electron chi connectivity index (χ2n) is 10.7. The minimum atomic E-state index is -3.72. The van der Waals surface area contributed by atoms with Crippen molar-refractivity contribution in [2.45, 2.75) is 64.7 Å². The van der Waals surface area contributed by atoms with Crippen molar-refractivity contribution in [1.29, 1.82) is 0 Å². The average molecular weight is 536 g/mol. The third-order valence-electron chi connectivity index (χ3n) is 6.08. The molecule has 3 rings (SSSR count). The fraction of sp³-hybridized carbons (Fsp3) is 0.333. The van der Waals surface area contributed by atoms with Gasteiger partial charge in [-0.2, -0.15) is 5.10 Å². The number of ether oxygens (including phenoxy) is 1. The summed E-state index contributed by atoms with van der Waals surface area (Å²) in [5.41, 5.74) is 7.36. The summed E-state index contributed by atoms with van der Waals surface area (Å²) in [7, 11) is -3.72. The molecule has 7 nitrogen and oxygen atoms in total. The lowest BCUT2D eigenvalue weighted by Gasteiger charge is -2.19. The first-order chi connectivity index (χ1) is 17.8. The summed E-state index contributed by atoms with van der Waals surface area (Å²) in [6.45, 7) is 14.0. The molecule has 0 fully saturated rings. The Balaban J connectivity index is 1.59. The van der Waals surface area contributed by atoms with Crippen molar-refractivity contribution in [3.05, 3.63) is 89.0 Å². The fourth-order valence-corrected chi connectivity index (χ4v) is 4.82. The van der Waals surface area contributed by atoms with E-state index in [1.165, 1.54) is 0 Å². The van der Waals surface area contributed by atoms with E-state index in [9.17, 15) is 13.2 Å². The van der Waals surface area contributed by atoms with Crippen LogP contribution in [0.2, 0.25) is 0 Å². The molecule has 0 heterocycles. The first kappa shape index (κ1) is 28.9. The lowest BCUT2D eigenvalue weighted by Crippen LogP contribution is -2.26. The van der Waals surface area contributed by atoms with Crippen LogP contribution in [0.5, 0.6) is 5.75 Å². The smallest absolute Gasteiger partial charge is 0.277 e. The zero-order valence-electron chi connectivity index (χ0n) is 23.1. The third kappa shape index (κ3) is 7.68. The van der Waals surface area contributed by atoms with Crippen LogP contribution in [-0.2, 0) is 20.2 Å². The highest BCUT2D eigenvalue weighted by Gasteiger charge is 2.18. The molecular formula is C30H37N3O4S. The molecule has 0 aromatic heterocycles. The van der Waals surface area contributed by atoms with Crippen molar-refractivity contribution in [2.24, 2.45) is 5.10 Å². The van der Waals surface area contributed by atoms with Gasteiger partial charge in [-0.1, -0.05) is 71.0 Å². The van der Waals surface area contributed by atoms with Gasteiger partial charge in [-0.3, -0.25) is 9.52 Å². The summed E-state index contributed by atoms with van der Waals surface area (Å²) in [6.07, 6.45) is 0. The van der Waals surface area contributed by atoms with Crippen molar-refractivity contribution in [1.82, 2.24) is 5.43 Å². The van der Waals surface area contributed by atoms with Gasteiger partial charge in [-0.15, -0.1) is 0 Å². The number of nitrogens with zero attached hydrogens (tertiary/aromatic N) is 1. The number of nitrogens with one attached hydrogen (secondary N) is 2. The number of aryl methyl sites for hydroxylation is 1. The molecule has 0 spiro atoms. The highest BCUT2D eigenvalue weighted by atomic mass is 32.2. The maximum Gasteiger partial charge on any atom is 0.277 e. The lowest BCUT2D eigenvalue weighted by molar-refractivity contribution is -0.123. The second kappa shape index (κ2) is 11.8. The molecular weight excluding hydrogens is 498 g/mol. The van der Waals surface area contributed by atoms with Gasteiger partial charge in [-0.25, -0.2) is 13.8 Å². The van der Waals surface area contributed by atoms with E-state index in [1.54, 1.807) is 43.3 Å². The summed E-state index contributed by atoms with van der Waals surface area (Å²) in [6, 6.07) is 19.7. The van der Waals surface area contributed by atoms with Gasteiger partial charge in [0.2, 0.25) is 0 Å². The standard InChI is InChI=1S/C30H37N3O4S/c1-20(2)27-17-8-21(3)18-28(27)37-19-29(34)32-31-22(4)23-9-13-25(14-10-23)33-38(35,36)26-15-11-24(12-16-26)30(5,6)7/h8-18,20,33H,19H2,1-7H3,(H,32,34)/b31-22+. The molecule has 38 heavy (non-hydrogen) atoms. The van der Waals surface area contributed by atoms with Gasteiger partial charge in [0, 0.05) is 5.69 Å². The number of carbonyl (C=O) groups is 1. The van der Waals surface area contributed by atoms with E-state index in [4.69, 9.17) is 4.74 Å². The van der Waals surface area contributed by atoms with Crippen molar-refractivity contribution in [3.8, 4) is 5.75 Å². The first-order valence-corrected chi connectivity index (χ1v) is 14.0. The highest BCUT2D eigenvalue weighted by Crippen LogP contribution is 2.27. The second-order valence-corrected chi connectivity index (χ2v) is 12.4. The Morgan fingerprint density at radius 2 is 1.61 bits per heavy atom. The predicted octanol–water partition coefficient (Wildman–Crippen LogP) is 6.14. The Morgan fingerprint density at radius 3 is 2.18 bits per heavy atom. The predicted molar refractivity (Wildman–Crippen MR) is 154 cm³/mol. The number of sulfonamides is 1. The van der Waals surface area contributed by atoms with Gasteiger partial charge in [0.15, 0.2) is 6.61 Å². The van der Waals surface area contributed by atoms with Crippen molar-refractivity contribution in [3.63, 3.8) is 0 Å². The van der Waals surface area contributed by atoms with E-state index < -0.39 is 10.0 Å². The van der Waals surface area contributed by atoms with E-state index in [2.05, 4.69) is 49.9 Å². The molecule has 0 aliphatic rings. The molecule has 0 aliphatic heterocycles. The van der Waals surface area contributed by atoms with E-state index in [0.29, 0.717) is 17.1 Å². The summed E-state index contributed by atoms with van der Waals surface area (Å²) in [5.74, 6) is 0.594. The van der Waals surface area contributed by atoms with Gasteiger partial charge in [0.05, 0.1) is 10.6 Å². The Morgan fingerprint density at radius 1 is 0.974 bits per heavy atom. The third-order valence-corrected chi connectivity index (χ3v) is 7.48. The van der Waals surface area contributed by atoms with Gasteiger partial charge in [0.25, 0.3) is 15.9 Å². The first-order valence-electron chi connectivity index (χ1n) is 12.6. The SMILES string of the molecule is C/C(=N\NC(=O)COc1cc(C)ccc1C(C)C)c1ccc(NS(=O)(=O)c2ccc(C(C)(C)C)cc2)cc1. The van der Waals surface area contributed by atoms with Crippen LogP contribution in [-0.4, -0.2) is 26.6 Å². The fourth-order valence-electron chi connectivity index (χ4n) is 3.76. The van der Waals surface area contributed by atoms with Crippen LogP contribution >= 0.6 is 0 Å². The summed E-state index contributed by atoms with van der Waals surface area (Å²) in [5, 5.41) is 4.16. The molecule has 0 atom stereocenters. The normalized spacial score (nSPS) is 12.4. The quantitative estimate of drug-likeness (QED) is 0.254. The van der Waals surface area contributed by atoms with Crippen LogP contribution in [0, 0.1) is 6.92 Å². The molecule has 0 saturated heterocycles. The van der Waals surface area contributed by atoms with Crippen LogP contribution in [0.1, 0.15) is 69.7 Å².